The van der Waals surface area contributed by atoms with Gasteiger partial charge in [0.2, 0.25) is 0 Å². The van der Waals surface area contributed by atoms with E-state index in [1.807, 2.05) is 29.6 Å². The first kappa shape index (κ1) is 25.6. The maximum atomic E-state index is 5.42. The quantitative estimate of drug-likeness (QED) is 0.415. The molecule has 0 aromatic heterocycles. The van der Waals surface area contributed by atoms with Crippen LogP contribution < -0.4 is 11.5 Å². The minimum atomic E-state index is 0.800. The van der Waals surface area contributed by atoms with Crippen molar-refractivity contribution in [2.75, 3.05) is 36.1 Å². The van der Waals surface area contributed by atoms with E-state index >= 15 is 0 Å². The second-order valence-corrected chi connectivity index (χ2v) is 8.86. The zero-order valence-electron chi connectivity index (χ0n) is 17.6. The molecule has 0 bridgehead atoms. The van der Waals surface area contributed by atoms with Crippen LogP contribution in [0.2, 0.25) is 0 Å². The molecule has 0 amide bonds. The summed E-state index contributed by atoms with van der Waals surface area (Å²) < 4.78 is 0. The van der Waals surface area contributed by atoms with E-state index in [1.165, 1.54) is 16.7 Å². The summed E-state index contributed by atoms with van der Waals surface area (Å²) in [5.41, 5.74) is 14.7. The number of hydrogen-bond donors (Lipinski definition) is 2. The van der Waals surface area contributed by atoms with Crippen LogP contribution in [0.4, 0.5) is 0 Å². The van der Waals surface area contributed by atoms with Crippen LogP contribution in [0.25, 0.3) is 12.2 Å². The van der Waals surface area contributed by atoms with Crippen molar-refractivity contribution in [2.45, 2.75) is 19.8 Å². The SMILES string of the molecule is Cc1ccc(/C=C/CSCCCN)cc1.NCCCSC/C=C/c1ccccc1. The zero-order chi connectivity index (χ0) is 21.0. The molecule has 2 aromatic rings. The van der Waals surface area contributed by atoms with Gasteiger partial charge in [-0.25, -0.2) is 0 Å². The third-order valence-electron chi connectivity index (χ3n) is 3.91. The van der Waals surface area contributed by atoms with Gasteiger partial charge in [0.25, 0.3) is 0 Å². The highest BCUT2D eigenvalue weighted by Crippen LogP contribution is 2.08. The molecule has 2 aromatic carbocycles. The van der Waals surface area contributed by atoms with Crippen molar-refractivity contribution in [1.82, 2.24) is 0 Å². The first-order chi connectivity index (χ1) is 14.3. The van der Waals surface area contributed by atoms with Gasteiger partial charge in [0, 0.05) is 11.5 Å². The fraction of sp³-hybridized carbons (Fsp3) is 0.360. The summed E-state index contributed by atoms with van der Waals surface area (Å²) in [5.74, 6) is 4.48. The Bertz CT molecular complexity index is 667. The highest BCUT2D eigenvalue weighted by Gasteiger charge is 1.87. The monoisotopic (exact) mass is 428 g/mol. The lowest BCUT2D eigenvalue weighted by Gasteiger charge is -1.96. The number of rotatable bonds is 12. The van der Waals surface area contributed by atoms with Crippen LogP contribution in [-0.4, -0.2) is 36.1 Å². The molecule has 0 spiro atoms. The van der Waals surface area contributed by atoms with E-state index in [0.717, 1.165) is 48.9 Å². The summed E-state index contributed by atoms with van der Waals surface area (Å²) in [7, 11) is 0. The van der Waals surface area contributed by atoms with Crippen molar-refractivity contribution in [3.63, 3.8) is 0 Å². The number of thioether (sulfide) groups is 2. The standard InChI is InChI=1S/C13H19NS.C12H17NS/c1-12-5-7-13(8-6-12)4-2-10-15-11-3-9-14;13-9-5-11-14-10-4-8-12-6-2-1-3-7-12/h2,4-8H,3,9-11,14H2,1H3;1-4,6-8H,5,9-11,13H2/b4-2+;8-4+. The lowest BCUT2D eigenvalue weighted by Crippen LogP contribution is -1.99. The highest BCUT2D eigenvalue weighted by atomic mass is 32.2. The van der Waals surface area contributed by atoms with Crippen molar-refractivity contribution < 1.29 is 0 Å². The zero-order valence-corrected chi connectivity index (χ0v) is 19.3. The van der Waals surface area contributed by atoms with Gasteiger partial charge in [-0.1, -0.05) is 84.5 Å². The molecule has 4 N–H and O–H groups in total. The first-order valence-electron chi connectivity index (χ1n) is 10.3. The van der Waals surface area contributed by atoms with Crippen LogP contribution in [0, 0.1) is 6.92 Å². The lowest BCUT2D eigenvalue weighted by atomic mass is 10.1. The Morgan fingerprint density at radius 1 is 0.690 bits per heavy atom. The molecule has 2 rings (SSSR count). The molecule has 0 aliphatic carbocycles. The van der Waals surface area contributed by atoms with E-state index in [4.69, 9.17) is 11.5 Å². The maximum absolute atomic E-state index is 5.42. The number of benzene rings is 2. The third-order valence-corrected chi connectivity index (χ3v) is 5.92. The molecule has 0 atom stereocenters. The lowest BCUT2D eigenvalue weighted by molar-refractivity contribution is 0.944. The van der Waals surface area contributed by atoms with Gasteiger partial charge in [-0.05, 0) is 55.5 Å². The fourth-order valence-corrected chi connectivity index (χ4v) is 3.82. The van der Waals surface area contributed by atoms with E-state index in [-0.39, 0.29) is 0 Å². The van der Waals surface area contributed by atoms with Crippen molar-refractivity contribution in [3.05, 3.63) is 83.4 Å². The third kappa shape index (κ3) is 15.1. The molecule has 0 saturated carbocycles. The topological polar surface area (TPSA) is 52.0 Å². The minimum Gasteiger partial charge on any atom is -0.330 e. The molecule has 158 valence electrons. The van der Waals surface area contributed by atoms with Gasteiger partial charge in [0.05, 0.1) is 0 Å². The molecular weight excluding hydrogens is 392 g/mol. The van der Waals surface area contributed by atoms with Gasteiger partial charge >= 0.3 is 0 Å². The normalized spacial score (nSPS) is 11.0. The Morgan fingerprint density at radius 3 is 1.66 bits per heavy atom. The molecular formula is C25H36N2S2. The Labute approximate surface area is 186 Å². The molecule has 0 heterocycles. The molecule has 29 heavy (non-hydrogen) atoms. The summed E-state index contributed by atoms with van der Waals surface area (Å²) in [5, 5.41) is 0. The fourth-order valence-electron chi connectivity index (χ4n) is 2.28. The molecule has 2 nitrogen and oxygen atoms in total. The Balaban J connectivity index is 0.000000291. The predicted molar refractivity (Wildman–Crippen MR) is 138 cm³/mol. The van der Waals surface area contributed by atoms with Crippen LogP contribution in [-0.2, 0) is 0 Å². The second-order valence-electron chi connectivity index (χ2n) is 6.56. The van der Waals surface area contributed by atoms with Crippen molar-refractivity contribution in [2.24, 2.45) is 11.5 Å². The Morgan fingerprint density at radius 2 is 1.17 bits per heavy atom. The van der Waals surface area contributed by atoms with Gasteiger partial charge in [-0.15, -0.1) is 0 Å². The van der Waals surface area contributed by atoms with E-state index in [0.29, 0.717) is 0 Å². The summed E-state index contributed by atoms with van der Waals surface area (Å²) in [6, 6.07) is 19.0. The largest absolute Gasteiger partial charge is 0.330 e. The van der Waals surface area contributed by atoms with Crippen molar-refractivity contribution in [3.8, 4) is 0 Å². The van der Waals surface area contributed by atoms with E-state index in [9.17, 15) is 0 Å². The van der Waals surface area contributed by atoms with Crippen molar-refractivity contribution in [1.29, 1.82) is 0 Å². The summed E-state index contributed by atoms with van der Waals surface area (Å²) in [6.45, 7) is 3.71. The van der Waals surface area contributed by atoms with Crippen LogP contribution in [0.1, 0.15) is 29.5 Å². The number of aryl methyl sites for hydroxylation is 1. The summed E-state index contributed by atoms with van der Waals surface area (Å²) in [6.07, 6.45) is 11.0. The predicted octanol–water partition coefficient (Wildman–Crippen LogP) is 5.87. The Kier molecular flexibility index (Phi) is 16.4. The summed E-state index contributed by atoms with van der Waals surface area (Å²) in [4.78, 5) is 0. The molecule has 0 aliphatic rings. The van der Waals surface area contributed by atoms with Gasteiger partial charge in [-0.3, -0.25) is 0 Å². The molecule has 0 unspecified atom stereocenters. The Hall–Kier alpha value is -1.46. The molecule has 4 heteroatoms. The smallest absolute Gasteiger partial charge is 0.0116 e. The van der Waals surface area contributed by atoms with Crippen LogP contribution in [0.5, 0.6) is 0 Å². The number of nitrogens with two attached hydrogens (primary N) is 2. The average molecular weight is 429 g/mol. The highest BCUT2D eigenvalue weighted by molar-refractivity contribution is 7.99. The molecule has 0 fully saturated rings. The second kappa shape index (κ2) is 18.6. The van der Waals surface area contributed by atoms with Crippen LogP contribution >= 0.6 is 23.5 Å². The maximum Gasteiger partial charge on any atom is 0.0116 e. The van der Waals surface area contributed by atoms with Crippen LogP contribution in [0.15, 0.2) is 66.7 Å². The minimum absolute atomic E-state index is 0.800. The van der Waals surface area contributed by atoms with E-state index in [2.05, 4.69) is 79.8 Å². The molecule has 0 aliphatic heterocycles. The van der Waals surface area contributed by atoms with Crippen LogP contribution in [0.3, 0.4) is 0 Å². The van der Waals surface area contributed by atoms with Crippen molar-refractivity contribution >= 4 is 35.7 Å². The molecule has 0 saturated heterocycles. The first-order valence-corrected chi connectivity index (χ1v) is 12.6. The van der Waals surface area contributed by atoms with Gasteiger partial charge in [0.1, 0.15) is 0 Å². The van der Waals surface area contributed by atoms with E-state index < -0.39 is 0 Å². The van der Waals surface area contributed by atoms with Gasteiger partial charge in [0.15, 0.2) is 0 Å². The summed E-state index contributed by atoms with van der Waals surface area (Å²) >= 11 is 3.86. The van der Waals surface area contributed by atoms with Gasteiger partial charge in [-0.2, -0.15) is 23.5 Å². The molecule has 0 radical (unpaired) electrons. The van der Waals surface area contributed by atoms with E-state index in [1.54, 1.807) is 0 Å². The average Bonchev–Trinajstić information content (AvgIpc) is 2.76. The number of hydrogen-bond acceptors (Lipinski definition) is 4. The van der Waals surface area contributed by atoms with Gasteiger partial charge < -0.3 is 11.5 Å².